The molecule has 11 heteroatoms. The molecule has 0 saturated heterocycles. The third-order valence-corrected chi connectivity index (χ3v) is 5.24. The van der Waals surface area contributed by atoms with Gasteiger partial charge in [-0.2, -0.15) is 15.0 Å². The van der Waals surface area contributed by atoms with Crippen LogP contribution >= 0.6 is 0 Å². The summed E-state index contributed by atoms with van der Waals surface area (Å²) in [5.74, 6) is 1.05. The van der Waals surface area contributed by atoms with E-state index < -0.39 is 0 Å². The molecule has 0 spiro atoms. The molecule has 0 radical (unpaired) electrons. The molecule has 3 N–H and O–H groups in total. The first-order valence-corrected chi connectivity index (χ1v) is 10.7. The summed E-state index contributed by atoms with van der Waals surface area (Å²) < 4.78 is 10.5. The second kappa shape index (κ2) is 10.0. The summed E-state index contributed by atoms with van der Waals surface area (Å²) in [5, 5.41) is 14.7. The SMILES string of the molecule is COc1cc2nc(NCCC(C)NC(=O)c3ccccc3-n3nccn3)[nH]c(=O)c2cc1OC. The maximum absolute atomic E-state index is 12.8. The van der Waals surface area contributed by atoms with Gasteiger partial charge in [0.1, 0.15) is 0 Å². The summed E-state index contributed by atoms with van der Waals surface area (Å²) in [4.78, 5) is 33.9. The molecule has 11 nitrogen and oxygen atoms in total. The van der Waals surface area contributed by atoms with Crippen LogP contribution in [0.4, 0.5) is 5.95 Å². The number of carbonyl (C=O) groups excluding carboxylic acids is 1. The van der Waals surface area contributed by atoms with Crippen molar-refractivity contribution in [2.75, 3.05) is 26.1 Å². The zero-order valence-electron chi connectivity index (χ0n) is 19.0. The lowest BCUT2D eigenvalue weighted by Gasteiger charge is -2.16. The molecule has 0 aliphatic rings. The maximum Gasteiger partial charge on any atom is 0.260 e. The Kier molecular flexibility index (Phi) is 6.72. The molecular weight excluding hydrogens is 438 g/mol. The van der Waals surface area contributed by atoms with Gasteiger partial charge in [0.2, 0.25) is 5.95 Å². The maximum atomic E-state index is 12.8. The quantitative estimate of drug-likeness (QED) is 0.343. The zero-order chi connectivity index (χ0) is 24.1. The number of aromatic amines is 1. The van der Waals surface area contributed by atoms with Crippen LogP contribution in [0.3, 0.4) is 0 Å². The number of anilines is 1. The van der Waals surface area contributed by atoms with Crippen LogP contribution in [-0.2, 0) is 0 Å². The largest absolute Gasteiger partial charge is 0.493 e. The van der Waals surface area contributed by atoms with Crippen molar-refractivity contribution in [2.24, 2.45) is 0 Å². The van der Waals surface area contributed by atoms with Gasteiger partial charge in [0.05, 0.1) is 48.8 Å². The molecule has 2 aromatic heterocycles. The minimum absolute atomic E-state index is 0.143. The van der Waals surface area contributed by atoms with Crippen LogP contribution in [0, 0.1) is 0 Å². The predicted molar refractivity (Wildman–Crippen MR) is 127 cm³/mol. The molecule has 0 bridgehead atoms. The Morgan fingerprint density at radius 1 is 1.12 bits per heavy atom. The van der Waals surface area contributed by atoms with E-state index in [4.69, 9.17) is 9.47 Å². The average Bonchev–Trinajstić information content (AvgIpc) is 3.38. The molecule has 0 saturated carbocycles. The molecule has 1 unspecified atom stereocenters. The number of fused-ring (bicyclic) bond motifs is 1. The summed E-state index contributed by atoms with van der Waals surface area (Å²) in [5.41, 5.74) is 1.26. The monoisotopic (exact) mass is 463 g/mol. The Morgan fingerprint density at radius 3 is 2.56 bits per heavy atom. The fourth-order valence-electron chi connectivity index (χ4n) is 3.51. The van der Waals surface area contributed by atoms with Crippen LogP contribution in [0.5, 0.6) is 11.5 Å². The first kappa shape index (κ1) is 22.8. The van der Waals surface area contributed by atoms with E-state index in [0.717, 1.165) is 0 Å². The number of amides is 1. The van der Waals surface area contributed by atoms with E-state index in [-0.39, 0.29) is 17.5 Å². The molecule has 176 valence electrons. The fraction of sp³-hybridized carbons (Fsp3) is 0.261. The summed E-state index contributed by atoms with van der Waals surface area (Å²) in [6.07, 6.45) is 3.71. The van der Waals surface area contributed by atoms with E-state index in [2.05, 4.69) is 30.8 Å². The Bertz CT molecular complexity index is 1350. The van der Waals surface area contributed by atoms with E-state index in [0.29, 0.717) is 52.6 Å². The fourth-order valence-corrected chi connectivity index (χ4v) is 3.51. The normalized spacial score (nSPS) is 11.7. The number of benzene rings is 2. The highest BCUT2D eigenvalue weighted by Crippen LogP contribution is 2.30. The Balaban J connectivity index is 1.39. The topological polar surface area (TPSA) is 136 Å². The lowest BCUT2D eigenvalue weighted by atomic mass is 10.1. The van der Waals surface area contributed by atoms with E-state index >= 15 is 0 Å². The van der Waals surface area contributed by atoms with Crippen molar-refractivity contribution in [3.63, 3.8) is 0 Å². The van der Waals surface area contributed by atoms with Gasteiger partial charge in [-0.1, -0.05) is 12.1 Å². The van der Waals surface area contributed by atoms with Gasteiger partial charge in [-0.05, 0) is 31.5 Å². The van der Waals surface area contributed by atoms with Crippen LogP contribution in [0.2, 0.25) is 0 Å². The zero-order valence-corrected chi connectivity index (χ0v) is 19.0. The van der Waals surface area contributed by atoms with Gasteiger partial charge in [-0.25, -0.2) is 4.98 Å². The van der Waals surface area contributed by atoms with Gasteiger partial charge in [-0.15, -0.1) is 0 Å². The number of rotatable bonds is 9. The first-order chi connectivity index (χ1) is 16.5. The molecule has 2 heterocycles. The van der Waals surface area contributed by atoms with Gasteiger partial charge >= 0.3 is 0 Å². The van der Waals surface area contributed by atoms with Crippen molar-refractivity contribution >= 4 is 22.8 Å². The minimum atomic E-state index is -0.293. The number of hydrogen-bond donors (Lipinski definition) is 3. The number of carbonyl (C=O) groups is 1. The number of nitrogens with one attached hydrogen (secondary N) is 3. The van der Waals surface area contributed by atoms with Crippen LogP contribution in [0.25, 0.3) is 16.6 Å². The molecule has 4 rings (SSSR count). The van der Waals surface area contributed by atoms with Crippen molar-refractivity contribution in [1.82, 2.24) is 30.3 Å². The number of aromatic nitrogens is 5. The van der Waals surface area contributed by atoms with Crippen molar-refractivity contribution in [3.8, 4) is 17.2 Å². The Labute approximate surface area is 195 Å². The van der Waals surface area contributed by atoms with E-state index in [1.165, 1.54) is 19.0 Å². The highest BCUT2D eigenvalue weighted by Gasteiger charge is 2.16. The van der Waals surface area contributed by atoms with Crippen molar-refractivity contribution in [1.29, 1.82) is 0 Å². The molecular formula is C23H25N7O4. The summed E-state index contributed by atoms with van der Waals surface area (Å²) in [6.45, 7) is 2.38. The predicted octanol–water partition coefficient (Wildman–Crippen LogP) is 2.14. The molecule has 1 atom stereocenters. The third kappa shape index (κ3) is 4.82. The van der Waals surface area contributed by atoms with E-state index in [1.54, 1.807) is 42.7 Å². The summed E-state index contributed by atoms with van der Waals surface area (Å²) >= 11 is 0. The molecule has 4 aromatic rings. The van der Waals surface area contributed by atoms with Crippen molar-refractivity contribution in [3.05, 3.63) is 64.7 Å². The van der Waals surface area contributed by atoms with Crippen LogP contribution < -0.4 is 25.7 Å². The molecule has 2 aromatic carbocycles. The lowest BCUT2D eigenvalue weighted by molar-refractivity contribution is 0.0938. The number of para-hydroxylation sites is 1. The average molecular weight is 463 g/mol. The number of nitrogens with zero attached hydrogens (tertiary/aromatic N) is 4. The molecule has 1 amide bonds. The van der Waals surface area contributed by atoms with Gasteiger partial charge in [-0.3, -0.25) is 14.6 Å². The number of ether oxygens (including phenoxy) is 2. The van der Waals surface area contributed by atoms with Crippen LogP contribution in [0.15, 0.2) is 53.6 Å². The van der Waals surface area contributed by atoms with Gasteiger partial charge in [0.15, 0.2) is 11.5 Å². The Hall–Kier alpha value is -4.41. The standard InChI is InChI=1S/C23H25N7O4/c1-14(27-21(31)15-6-4-5-7-18(15)30-25-10-11-26-30)8-9-24-23-28-17-13-20(34-3)19(33-2)12-16(17)22(32)29-23/h4-7,10-14H,8-9H2,1-3H3,(H,27,31)(H2,24,28,29,32). The Morgan fingerprint density at radius 2 is 1.82 bits per heavy atom. The summed E-state index contributed by atoms with van der Waals surface area (Å²) in [6, 6.07) is 10.2. The number of hydrogen-bond acceptors (Lipinski definition) is 8. The third-order valence-electron chi connectivity index (χ3n) is 5.24. The van der Waals surface area contributed by atoms with Gasteiger partial charge in [0, 0.05) is 18.7 Å². The molecule has 0 fully saturated rings. The highest BCUT2D eigenvalue weighted by atomic mass is 16.5. The molecule has 0 aliphatic heterocycles. The van der Waals surface area contributed by atoms with Gasteiger partial charge in [0.25, 0.3) is 11.5 Å². The highest BCUT2D eigenvalue weighted by molar-refractivity contribution is 5.97. The van der Waals surface area contributed by atoms with E-state index in [1.807, 2.05) is 13.0 Å². The van der Waals surface area contributed by atoms with Crippen LogP contribution in [0.1, 0.15) is 23.7 Å². The lowest BCUT2D eigenvalue weighted by Crippen LogP contribution is -2.34. The van der Waals surface area contributed by atoms with Gasteiger partial charge < -0.3 is 20.1 Å². The first-order valence-electron chi connectivity index (χ1n) is 10.7. The minimum Gasteiger partial charge on any atom is -0.493 e. The summed E-state index contributed by atoms with van der Waals surface area (Å²) in [7, 11) is 3.03. The van der Waals surface area contributed by atoms with Crippen molar-refractivity contribution < 1.29 is 14.3 Å². The molecule has 0 aliphatic carbocycles. The van der Waals surface area contributed by atoms with Crippen molar-refractivity contribution in [2.45, 2.75) is 19.4 Å². The smallest absolute Gasteiger partial charge is 0.260 e. The number of H-pyrrole nitrogens is 1. The second-order valence-corrected chi connectivity index (χ2v) is 7.56. The number of methoxy groups -OCH3 is 2. The van der Waals surface area contributed by atoms with E-state index in [9.17, 15) is 9.59 Å². The van der Waals surface area contributed by atoms with Crippen LogP contribution in [-0.4, -0.2) is 57.7 Å². The molecule has 34 heavy (non-hydrogen) atoms. The second-order valence-electron chi connectivity index (χ2n) is 7.56.